The maximum atomic E-state index is 11.7. The lowest BCUT2D eigenvalue weighted by molar-refractivity contribution is 0.362. The molecule has 1 rings (SSSR count). The van der Waals surface area contributed by atoms with Crippen LogP contribution in [-0.2, 0) is 9.84 Å². The van der Waals surface area contributed by atoms with Crippen molar-refractivity contribution in [3.05, 3.63) is 0 Å². The first-order chi connectivity index (χ1) is 7.41. The van der Waals surface area contributed by atoms with Gasteiger partial charge in [0.05, 0.1) is 5.25 Å². The summed E-state index contributed by atoms with van der Waals surface area (Å²) in [5.41, 5.74) is 0. The molecule has 0 radical (unpaired) electrons. The van der Waals surface area contributed by atoms with Crippen LogP contribution in [-0.4, -0.2) is 32.5 Å². The molecule has 0 aromatic heterocycles. The minimum Gasteiger partial charge on any atom is -0.313 e. The molecule has 4 heteroatoms. The third-order valence-electron chi connectivity index (χ3n) is 3.38. The van der Waals surface area contributed by atoms with E-state index < -0.39 is 9.84 Å². The maximum absolute atomic E-state index is 11.7. The Hall–Kier alpha value is -0.0900. The lowest BCUT2D eigenvalue weighted by atomic mass is 9.94. The highest BCUT2D eigenvalue weighted by Crippen LogP contribution is 2.24. The van der Waals surface area contributed by atoms with E-state index in [2.05, 4.69) is 19.2 Å². The zero-order valence-corrected chi connectivity index (χ0v) is 11.5. The summed E-state index contributed by atoms with van der Waals surface area (Å²) >= 11 is 0. The van der Waals surface area contributed by atoms with E-state index in [1.54, 1.807) is 0 Å². The zero-order valence-electron chi connectivity index (χ0n) is 10.7. The van der Waals surface area contributed by atoms with Gasteiger partial charge in [-0.2, -0.15) is 0 Å². The van der Waals surface area contributed by atoms with Crippen LogP contribution in [0.15, 0.2) is 0 Å². The molecule has 0 aromatic carbocycles. The van der Waals surface area contributed by atoms with Crippen molar-refractivity contribution in [3.63, 3.8) is 0 Å². The Morgan fingerprint density at radius 1 is 1.25 bits per heavy atom. The van der Waals surface area contributed by atoms with Crippen molar-refractivity contribution in [2.45, 2.75) is 57.2 Å². The average molecular weight is 247 g/mol. The number of hydrogen-bond donors (Lipinski definition) is 1. The fourth-order valence-corrected chi connectivity index (χ4v) is 3.82. The molecule has 1 N–H and O–H groups in total. The summed E-state index contributed by atoms with van der Waals surface area (Å²) in [6, 6.07) is 0.183. The Balaban J connectivity index is 2.48. The molecular weight excluding hydrogens is 222 g/mol. The molecule has 0 amide bonds. The molecule has 1 aliphatic rings. The number of nitrogens with one attached hydrogen (secondary N) is 1. The van der Waals surface area contributed by atoms with Crippen molar-refractivity contribution in [1.29, 1.82) is 0 Å². The first-order valence-electron chi connectivity index (χ1n) is 6.33. The molecule has 0 aromatic rings. The van der Waals surface area contributed by atoms with Crippen molar-refractivity contribution in [2.24, 2.45) is 5.92 Å². The predicted molar refractivity (Wildman–Crippen MR) is 68.3 cm³/mol. The SMILES string of the molecule is CC(C)CCNC1CCCCC1S(C)(=O)=O. The van der Waals surface area contributed by atoms with E-state index in [1.807, 2.05) is 0 Å². The molecule has 0 saturated heterocycles. The van der Waals surface area contributed by atoms with E-state index in [-0.39, 0.29) is 11.3 Å². The minimum atomic E-state index is -2.89. The third-order valence-corrected chi connectivity index (χ3v) is 5.04. The Kier molecular flexibility index (Phi) is 5.25. The van der Waals surface area contributed by atoms with E-state index in [0.29, 0.717) is 5.92 Å². The molecule has 0 spiro atoms. The van der Waals surface area contributed by atoms with Gasteiger partial charge in [0.2, 0.25) is 0 Å². The second-order valence-corrected chi connectivity index (χ2v) is 7.66. The van der Waals surface area contributed by atoms with Gasteiger partial charge in [0.25, 0.3) is 0 Å². The van der Waals surface area contributed by atoms with Crippen LogP contribution in [0.2, 0.25) is 0 Å². The highest BCUT2D eigenvalue weighted by Gasteiger charge is 2.31. The van der Waals surface area contributed by atoms with Gasteiger partial charge < -0.3 is 5.32 Å². The summed E-state index contributed by atoms with van der Waals surface area (Å²) in [6.07, 6.45) is 6.55. The topological polar surface area (TPSA) is 46.2 Å². The fourth-order valence-electron chi connectivity index (χ4n) is 2.40. The summed E-state index contributed by atoms with van der Waals surface area (Å²) in [5.74, 6) is 0.674. The predicted octanol–water partition coefficient (Wildman–Crippen LogP) is 1.98. The minimum absolute atomic E-state index is 0.159. The largest absolute Gasteiger partial charge is 0.313 e. The molecule has 0 aliphatic heterocycles. The Morgan fingerprint density at radius 3 is 2.44 bits per heavy atom. The van der Waals surface area contributed by atoms with Crippen molar-refractivity contribution in [2.75, 3.05) is 12.8 Å². The molecule has 3 nitrogen and oxygen atoms in total. The highest BCUT2D eigenvalue weighted by atomic mass is 32.2. The molecule has 2 atom stereocenters. The van der Waals surface area contributed by atoms with Crippen LogP contribution in [0, 0.1) is 5.92 Å². The fraction of sp³-hybridized carbons (Fsp3) is 1.00. The van der Waals surface area contributed by atoms with Gasteiger partial charge >= 0.3 is 0 Å². The summed E-state index contributed by atoms with van der Waals surface area (Å²) in [5, 5.41) is 3.27. The zero-order chi connectivity index (χ0) is 12.2. The maximum Gasteiger partial charge on any atom is 0.151 e. The van der Waals surface area contributed by atoms with Gasteiger partial charge in [-0.05, 0) is 31.7 Å². The van der Waals surface area contributed by atoms with Crippen molar-refractivity contribution in [3.8, 4) is 0 Å². The Labute approximate surface area is 99.9 Å². The molecular formula is C12H25NO2S. The van der Waals surface area contributed by atoms with Crippen LogP contribution in [0.5, 0.6) is 0 Å². The number of hydrogen-bond acceptors (Lipinski definition) is 3. The lowest BCUT2D eigenvalue weighted by Gasteiger charge is -2.31. The first kappa shape index (κ1) is 14.0. The first-order valence-corrected chi connectivity index (χ1v) is 8.29. The van der Waals surface area contributed by atoms with Crippen molar-refractivity contribution in [1.82, 2.24) is 5.32 Å². The Morgan fingerprint density at radius 2 is 1.88 bits per heavy atom. The second kappa shape index (κ2) is 6.01. The second-order valence-electron chi connectivity index (χ2n) is 5.40. The molecule has 1 saturated carbocycles. The van der Waals surface area contributed by atoms with E-state index in [1.165, 1.54) is 6.26 Å². The Bertz CT molecular complexity index is 298. The van der Waals surface area contributed by atoms with Crippen LogP contribution in [0.25, 0.3) is 0 Å². The quantitative estimate of drug-likeness (QED) is 0.808. The number of sulfone groups is 1. The van der Waals surface area contributed by atoms with Crippen LogP contribution < -0.4 is 5.32 Å². The summed E-state index contributed by atoms with van der Waals surface area (Å²) in [4.78, 5) is 0. The van der Waals surface area contributed by atoms with Crippen LogP contribution in [0.1, 0.15) is 46.0 Å². The van der Waals surface area contributed by atoms with E-state index in [4.69, 9.17) is 0 Å². The summed E-state index contributed by atoms with van der Waals surface area (Å²) < 4.78 is 23.3. The van der Waals surface area contributed by atoms with Gasteiger partial charge in [-0.1, -0.05) is 26.7 Å². The van der Waals surface area contributed by atoms with Crippen LogP contribution in [0.3, 0.4) is 0 Å². The van der Waals surface area contributed by atoms with Gasteiger partial charge in [0.1, 0.15) is 0 Å². The lowest BCUT2D eigenvalue weighted by Crippen LogP contribution is -2.46. The molecule has 1 fully saturated rings. The van der Waals surface area contributed by atoms with Gasteiger partial charge in [-0.25, -0.2) is 8.42 Å². The van der Waals surface area contributed by atoms with Gasteiger partial charge in [-0.15, -0.1) is 0 Å². The molecule has 0 heterocycles. The third kappa shape index (κ3) is 4.42. The highest BCUT2D eigenvalue weighted by molar-refractivity contribution is 7.91. The molecule has 1 aliphatic carbocycles. The molecule has 16 heavy (non-hydrogen) atoms. The van der Waals surface area contributed by atoms with Gasteiger partial charge in [0, 0.05) is 12.3 Å². The van der Waals surface area contributed by atoms with Crippen LogP contribution in [0.4, 0.5) is 0 Å². The van der Waals surface area contributed by atoms with Gasteiger partial charge in [0.15, 0.2) is 9.84 Å². The molecule has 0 bridgehead atoms. The normalized spacial score (nSPS) is 27.2. The van der Waals surface area contributed by atoms with E-state index in [0.717, 1.165) is 38.6 Å². The van der Waals surface area contributed by atoms with E-state index in [9.17, 15) is 8.42 Å². The number of rotatable bonds is 5. The summed E-state index contributed by atoms with van der Waals surface area (Å²) in [7, 11) is -2.89. The van der Waals surface area contributed by atoms with Crippen LogP contribution >= 0.6 is 0 Å². The monoisotopic (exact) mass is 247 g/mol. The van der Waals surface area contributed by atoms with Crippen molar-refractivity contribution < 1.29 is 8.42 Å². The smallest absolute Gasteiger partial charge is 0.151 e. The van der Waals surface area contributed by atoms with Gasteiger partial charge in [-0.3, -0.25) is 0 Å². The molecule has 2 unspecified atom stereocenters. The van der Waals surface area contributed by atoms with E-state index >= 15 is 0 Å². The summed E-state index contributed by atoms with van der Waals surface area (Å²) in [6.45, 7) is 5.32. The average Bonchev–Trinajstić information content (AvgIpc) is 2.16. The van der Waals surface area contributed by atoms with Crippen molar-refractivity contribution >= 4 is 9.84 Å². The standard InChI is InChI=1S/C12H25NO2S/c1-10(2)8-9-13-11-6-4-5-7-12(11)16(3,14)15/h10-13H,4-9H2,1-3H3. The molecule has 96 valence electrons.